The number of carbonyl (C=O) groups excluding carboxylic acids is 1. The van der Waals surface area contributed by atoms with Crippen LogP contribution >= 0.6 is 0 Å². The predicted molar refractivity (Wildman–Crippen MR) is 64.7 cm³/mol. The van der Waals surface area contributed by atoms with Gasteiger partial charge in [0.1, 0.15) is 5.69 Å². The van der Waals surface area contributed by atoms with Crippen molar-refractivity contribution in [1.29, 1.82) is 0 Å². The zero-order valence-electron chi connectivity index (χ0n) is 9.34. The van der Waals surface area contributed by atoms with Gasteiger partial charge in [-0.25, -0.2) is 4.98 Å². The van der Waals surface area contributed by atoms with Gasteiger partial charge in [0.05, 0.1) is 6.20 Å². The topological polar surface area (TPSA) is 68.9 Å². The fourth-order valence-corrected chi connectivity index (χ4v) is 1.67. The Kier molecular flexibility index (Phi) is 3.57. The van der Waals surface area contributed by atoms with Crippen LogP contribution in [0.2, 0.25) is 0 Å². The summed E-state index contributed by atoms with van der Waals surface area (Å²) in [5.74, 6) is -0.109. The molecule has 0 aliphatic rings. The molecule has 2 aromatic rings. The number of ketones is 1. The largest absolute Gasteiger partial charge is 0.330 e. The van der Waals surface area contributed by atoms with E-state index in [1.807, 2.05) is 18.2 Å². The van der Waals surface area contributed by atoms with Crippen LogP contribution in [0.4, 0.5) is 0 Å². The normalized spacial score (nSPS) is 10.2. The number of nitrogens with two attached hydrogens (primary N) is 1. The molecule has 2 rings (SSSR count). The monoisotopic (exact) mass is 227 g/mol. The molecule has 0 saturated heterocycles. The maximum Gasteiger partial charge on any atom is 0.213 e. The highest BCUT2D eigenvalue weighted by Crippen LogP contribution is 2.13. The molecule has 17 heavy (non-hydrogen) atoms. The van der Waals surface area contributed by atoms with Gasteiger partial charge in [0.25, 0.3) is 0 Å². The average Bonchev–Trinajstić information content (AvgIpc) is 2.40. The van der Waals surface area contributed by atoms with E-state index in [0.29, 0.717) is 24.2 Å². The molecule has 2 N–H and O–H groups in total. The first-order chi connectivity index (χ1) is 8.33. The fourth-order valence-electron chi connectivity index (χ4n) is 1.67. The Morgan fingerprint density at radius 2 is 2.06 bits per heavy atom. The summed E-state index contributed by atoms with van der Waals surface area (Å²) in [6.45, 7) is 0.519. The highest BCUT2D eigenvalue weighted by molar-refractivity contribution is 6.08. The minimum Gasteiger partial charge on any atom is -0.330 e. The van der Waals surface area contributed by atoms with Crippen LogP contribution in [0.3, 0.4) is 0 Å². The lowest BCUT2D eigenvalue weighted by molar-refractivity contribution is 0.103. The Morgan fingerprint density at radius 3 is 2.76 bits per heavy atom. The van der Waals surface area contributed by atoms with E-state index in [1.165, 1.54) is 12.4 Å². The van der Waals surface area contributed by atoms with Crippen molar-refractivity contribution in [1.82, 2.24) is 9.97 Å². The van der Waals surface area contributed by atoms with E-state index >= 15 is 0 Å². The van der Waals surface area contributed by atoms with Crippen molar-refractivity contribution in [3.05, 3.63) is 59.7 Å². The van der Waals surface area contributed by atoms with Crippen LogP contribution in [-0.2, 0) is 6.42 Å². The first-order valence-electron chi connectivity index (χ1n) is 5.41. The van der Waals surface area contributed by atoms with E-state index in [4.69, 9.17) is 5.73 Å². The van der Waals surface area contributed by atoms with E-state index < -0.39 is 0 Å². The van der Waals surface area contributed by atoms with Gasteiger partial charge < -0.3 is 5.73 Å². The van der Waals surface area contributed by atoms with Crippen LogP contribution in [0, 0.1) is 0 Å². The fraction of sp³-hybridized carbons (Fsp3) is 0.154. The van der Waals surface area contributed by atoms with E-state index in [-0.39, 0.29) is 5.78 Å². The quantitative estimate of drug-likeness (QED) is 0.797. The summed E-state index contributed by atoms with van der Waals surface area (Å²) in [4.78, 5) is 20.1. The van der Waals surface area contributed by atoms with Gasteiger partial charge in [-0.15, -0.1) is 0 Å². The first-order valence-corrected chi connectivity index (χ1v) is 5.41. The Bertz CT molecular complexity index is 511. The molecule has 1 aromatic heterocycles. The number of benzene rings is 1. The lowest BCUT2D eigenvalue weighted by atomic mass is 9.99. The summed E-state index contributed by atoms with van der Waals surface area (Å²) >= 11 is 0. The predicted octanol–water partition coefficient (Wildman–Crippen LogP) is 1.21. The lowest BCUT2D eigenvalue weighted by Gasteiger charge is -2.06. The van der Waals surface area contributed by atoms with E-state index in [2.05, 4.69) is 9.97 Å². The number of rotatable bonds is 4. The molecule has 0 atom stereocenters. The van der Waals surface area contributed by atoms with Crippen molar-refractivity contribution in [3.63, 3.8) is 0 Å². The van der Waals surface area contributed by atoms with Crippen molar-refractivity contribution < 1.29 is 4.79 Å². The summed E-state index contributed by atoms with van der Waals surface area (Å²) in [5, 5.41) is 0. The Labute approximate surface area is 99.5 Å². The maximum absolute atomic E-state index is 12.2. The van der Waals surface area contributed by atoms with Gasteiger partial charge in [-0.3, -0.25) is 9.78 Å². The first kappa shape index (κ1) is 11.4. The maximum atomic E-state index is 12.2. The molecule has 0 spiro atoms. The summed E-state index contributed by atoms with van der Waals surface area (Å²) < 4.78 is 0. The average molecular weight is 227 g/mol. The van der Waals surface area contributed by atoms with Crippen molar-refractivity contribution in [3.8, 4) is 0 Å². The van der Waals surface area contributed by atoms with Crippen molar-refractivity contribution in [2.75, 3.05) is 6.54 Å². The number of nitrogens with zero attached hydrogens (tertiary/aromatic N) is 2. The molecule has 0 radical (unpaired) electrons. The minimum atomic E-state index is -0.109. The van der Waals surface area contributed by atoms with Crippen LogP contribution in [0.5, 0.6) is 0 Å². The molecule has 4 heteroatoms. The van der Waals surface area contributed by atoms with Gasteiger partial charge in [0.2, 0.25) is 5.78 Å². The Hall–Kier alpha value is -2.07. The molecule has 0 aliphatic heterocycles. The van der Waals surface area contributed by atoms with E-state index in [9.17, 15) is 4.79 Å². The lowest BCUT2D eigenvalue weighted by Crippen LogP contribution is -2.11. The van der Waals surface area contributed by atoms with Gasteiger partial charge in [-0.1, -0.05) is 24.3 Å². The molecule has 1 heterocycles. The third kappa shape index (κ3) is 2.54. The van der Waals surface area contributed by atoms with E-state index in [1.54, 1.807) is 12.3 Å². The number of carbonyl (C=O) groups is 1. The van der Waals surface area contributed by atoms with Crippen molar-refractivity contribution in [2.24, 2.45) is 5.73 Å². The van der Waals surface area contributed by atoms with Crippen molar-refractivity contribution in [2.45, 2.75) is 6.42 Å². The van der Waals surface area contributed by atoms with Gasteiger partial charge >= 0.3 is 0 Å². The molecule has 86 valence electrons. The van der Waals surface area contributed by atoms with Crippen LogP contribution in [0.15, 0.2) is 42.9 Å². The SMILES string of the molecule is NCCc1ccccc1C(=O)c1cnccn1. The Balaban J connectivity index is 2.37. The van der Waals surface area contributed by atoms with Crippen LogP contribution in [0.25, 0.3) is 0 Å². The molecule has 0 amide bonds. The molecule has 0 aliphatic carbocycles. The van der Waals surface area contributed by atoms with Gasteiger partial charge in [0, 0.05) is 18.0 Å². The summed E-state index contributed by atoms with van der Waals surface area (Å²) in [6, 6.07) is 7.44. The number of aromatic nitrogens is 2. The van der Waals surface area contributed by atoms with Crippen molar-refractivity contribution >= 4 is 5.78 Å². The Morgan fingerprint density at radius 1 is 1.24 bits per heavy atom. The standard InChI is InChI=1S/C13H13N3O/c14-6-5-10-3-1-2-4-11(10)13(17)12-9-15-7-8-16-12/h1-4,7-9H,5-6,14H2. The third-order valence-corrected chi connectivity index (χ3v) is 2.47. The number of hydrogen-bond acceptors (Lipinski definition) is 4. The van der Waals surface area contributed by atoms with Crippen LogP contribution in [-0.4, -0.2) is 22.3 Å². The second-order valence-electron chi connectivity index (χ2n) is 3.62. The second kappa shape index (κ2) is 5.32. The smallest absolute Gasteiger partial charge is 0.213 e. The van der Waals surface area contributed by atoms with Gasteiger partial charge in [-0.05, 0) is 18.5 Å². The number of hydrogen-bond donors (Lipinski definition) is 1. The molecule has 0 fully saturated rings. The summed E-state index contributed by atoms with van der Waals surface area (Å²) in [5.41, 5.74) is 7.49. The highest BCUT2D eigenvalue weighted by Gasteiger charge is 2.13. The highest BCUT2D eigenvalue weighted by atomic mass is 16.1. The molecular formula is C13H13N3O. The molecule has 0 saturated carbocycles. The zero-order chi connectivity index (χ0) is 12.1. The summed E-state index contributed by atoms with van der Waals surface area (Å²) in [7, 11) is 0. The van der Waals surface area contributed by atoms with Crippen LogP contribution < -0.4 is 5.73 Å². The zero-order valence-corrected chi connectivity index (χ0v) is 9.34. The molecule has 0 unspecified atom stereocenters. The molecular weight excluding hydrogens is 214 g/mol. The minimum absolute atomic E-state index is 0.109. The molecule has 4 nitrogen and oxygen atoms in total. The second-order valence-corrected chi connectivity index (χ2v) is 3.62. The third-order valence-electron chi connectivity index (χ3n) is 2.47. The van der Waals surface area contributed by atoms with Crippen LogP contribution in [0.1, 0.15) is 21.6 Å². The van der Waals surface area contributed by atoms with Gasteiger partial charge in [-0.2, -0.15) is 0 Å². The molecule has 1 aromatic carbocycles. The molecule has 0 bridgehead atoms. The summed E-state index contributed by atoms with van der Waals surface area (Å²) in [6.07, 6.45) is 5.21. The van der Waals surface area contributed by atoms with E-state index in [0.717, 1.165) is 5.56 Å². The van der Waals surface area contributed by atoms with Gasteiger partial charge in [0.15, 0.2) is 0 Å².